The maximum Gasteiger partial charge on any atom is 0.130 e. The standard InChI is InChI=1S/C13H20N4O/c1-10-12(6-7-14)13(17(3)15-10)16(2)9-11-5-4-8-18-11/h4-5,8H,6-7,9,14H2,1-3H3. The molecule has 0 radical (unpaired) electrons. The van der Waals surface area contributed by atoms with Gasteiger partial charge in [-0.1, -0.05) is 0 Å². The van der Waals surface area contributed by atoms with Crippen molar-refractivity contribution in [2.45, 2.75) is 19.9 Å². The molecular formula is C13H20N4O. The summed E-state index contributed by atoms with van der Waals surface area (Å²) in [5.41, 5.74) is 7.93. The second-order valence-electron chi connectivity index (χ2n) is 4.49. The fourth-order valence-corrected chi connectivity index (χ4v) is 2.32. The summed E-state index contributed by atoms with van der Waals surface area (Å²) in [5.74, 6) is 2.05. The minimum atomic E-state index is 0.633. The van der Waals surface area contributed by atoms with Gasteiger partial charge in [0.05, 0.1) is 18.5 Å². The van der Waals surface area contributed by atoms with Crippen molar-refractivity contribution < 1.29 is 4.42 Å². The Morgan fingerprint density at radius 3 is 2.89 bits per heavy atom. The molecule has 18 heavy (non-hydrogen) atoms. The highest BCUT2D eigenvalue weighted by atomic mass is 16.3. The predicted molar refractivity (Wildman–Crippen MR) is 71.5 cm³/mol. The first-order valence-corrected chi connectivity index (χ1v) is 6.09. The molecule has 2 rings (SSSR count). The number of aryl methyl sites for hydroxylation is 2. The van der Waals surface area contributed by atoms with E-state index in [-0.39, 0.29) is 0 Å². The molecule has 0 aliphatic rings. The zero-order chi connectivity index (χ0) is 13.1. The fourth-order valence-electron chi connectivity index (χ4n) is 2.32. The Morgan fingerprint density at radius 1 is 1.50 bits per heavy atom. The number of aromatic nitrogens is 2. The first kappa shape index (κ1) is 12.7. The third-order valence-electron chi connectivity index (χ3n) is 3.04. The van der Waals surface area contributed by atoms with Crippen molar-refractivity contribution in [3.8, 4) is 0 Å². The van der Waals surface area contributed by atoms with Gasteiger partial charge < -0.3 is 15.1 Å². The number of furan rings is 1. The molecule has 0 aliphatic heterocycles. The molecule has 2 heterocycles. The average molecular weight is 248 g/mol. The molecule has 0 amide bonds. The van der Waals surface area contributed by atoms with Gasteiger partial charge in [-0.3, -0.25) is 4.68 Å². The molecule has 0 saturated carbocycles. The summed E-state index contributed by atoms with van der Waals surface area (Å²) in [6.45, 7) is 3.38. The Morgan fingerprint density at radius 2 is 2.28 bits per heavy atom. The van der Waals surface area contributed by atoms with Crippen LogP contribution >= 0.6 is 0 Å². The quantitative estimate of drug-likeness (QED) is 0.870. The zero-order valence-corrected chi connectivity index (χ0v) is 11.2. The van der Waals surface area contributed by atoms with Crippen LogP contribution in [0.4, 0.5) is 5.82 Å². The van der Waals surface area contributed by atoms with E-state index in [0.717, 1.165) is 30.2 Å². The fraction of sp³-hybridized carbons (Fsp3) is 0.462. The number of hydrogen-bond donors (Lipinski definition) is 1. The lowest BCUT2D eigenvalue weighted by Gasteiger charge is -2.19. The molecule has 0 aromatic carbocycles. The van der Waals surface area contributed by atoms with Crippen LogP contribution in [0.1, 0.15) is 17.0 Å². The molecule has 5 heteroatoms. The van der Waals surface area contributed by atoms with Crippen molar-refractivity contribution >= 4 is 5.82 Å². The molecule has 2 aromatic heterocycles. The average Bonchev–Trinajstić information content (AvgIpc) is 2.89. The lowest BCUT2D eigenvalue weighted by atomic mass is 10.1. The Kier molecular flexibility index (Phi) is 3.72. The summed E-state index contributed by atoms with van der Waals surface area (Å²) >= 11 is 0. The largest absolute Gasteiger partial charge is 0.467 e. The third-order valence-corrected chi connectivity index (χ3v) is 3.04. The Balaban J connectivity index is 2.26. The van der Waals surface area contributed by atoms with Crippen molar-refractivity contribution in [2.24, 2.45) is 12.8 Å². The molecular weight excluding hydrogens is 228 g/mol. The number of nitrogens with zero attached hydrogens (tertiary/aromatic N) is 3. The van der Waals surface area contributed by atoms with Crippen molar-refractivity contribution in [3.63, 3.8) is 0 Å². The summed E-state index contributed by atoms with van der Waals surface area (Å²) < 4.78 is 7.28. The summed E-state index contributed by atoms with van der Waals surface area (Å²) in [6.07, 6.45) is 2.54. The van der Waals surface area contributed by atoms with Crippen molar-refractivity contribution in [3.05, 3.63) is 35.4 Å². The molecule has 0 fully saturated rings. The summed E-state index contributed by atoms with van der Waals surface area (Å²) in [6, 6.07) is 3.88. The van der Waals surface area contributed by atoms with Gasteiger partial charge in [0.25, 0.3) is 0 Å². The van der Waals surface area contributed by atoms with Crippen LogP contribution in [0.15, 0.2) is 22.8 Å². The van der Waals surface area contributed by atoms with Crippen LogP contribution in [0, 0.1) is 6.92 Å². The van der Waals surface area contributed by atoms with E-state index in [4.69, 9.17) is 10.2 Å². The maximum absolute atomic E-state index is 5.67. The number of rotatable bonds is 5. The Hall–Kier alpha value is -1.75. The lowest BCUT2D eigenvalue weighted by molar-refractivity contribution is 0.505. The van der Waals surface area contributed by atoms with Crippen molar-refractivity contribution in [2.75, 3.05) is 18.5 Å². The SMILES string of the molecule is Cc1nn(C)c(N(C)Cc2ccco2)c1CCN. The van der Waals surface area contributed by atoms with Crippen molar-refractivity contribution in [1.29, 1.82) is 0 Å². The number of anilines is 1. The minimum absolute atomic E-state index is 0.633. The molecule has 0 unspecified atom stereocenters. The van der Waals surface area contributed by atoms with Gasteiger partial charge in [0.15, 0.2) is 0 Å². The zero-order valence-electron chi connectivity index (χ0n) is 11.2. The number of hydrogen-bond acceptors (Lipinski definition) is 4. The van der Waals surface area contributed by atoms with Gasteiger partial charge in [0, 0.05) is 19.7 Å². The van der Waals surface area contributed by atoms with E-state index in [2.05, 4.69) is 10.00 Å². The summed E-state index contributed by atoms with van der Waals surface area (Å²) in [7, 11) is 4.00. The molecule has 0 atom stereocenters. The van der Waals surface area contributed by atoms with Gasteiger partial charge in [-0.15, -0.1) is 0 Å². The molecule has 2 aromatic rings. The van der Waals surface area contributed by atoms with Crippen LogP contribution in [-0.2, 0) is 20.0 Å². The molecule has 0 bridgehead atoms. The van der Waals surface area contributed by atoms with E-state index in [1.165, 1.54) is 5.56 Å². The van der Waals surface area contributed by atoms with Crippen LogP contribution < -0.4 is 10.6 Å². The van der Waals surface area contributed by atoms with Crippen LogP contribution in [0.25, 0.3) is 0 Å². The first-order chi connectivity index (χ1) is 8.63. The Labute approximate surface area is 107 Å². The molecule has 2 N–H and O–H groups in total. The van der Waals surface area contributed by atoms with Gasteiger partial charge in [-0.25, -0.2) is 0 Å². The van der Waals surface area contributed by atoms with Crippen LogP contribution in [0.2, 0.25) is 0 Å². The van der Waals surface area contributed by atoms with Crippen molar-refractivity contribution in [1.82, 2.24) is 9.78 Å². The van der Waals surface area contributed by atoms with E-state index >= 15 is 0 Å². The van der Waals surface area contributed by atoms with E-state index in [9.17, 15) is 0 Å². The van der Waals surface area contributed by atoms with Gasteiger partial charge in [0.2, 0.25) is 0 Å². The van der Waals surface area contributed by atoms with E-state index in [1.807, 2.05) is 37.8 Å². The minimum Gasteiger partial charge on any atom is -0.467 e. The Bertz CT molecular complexity index is 501. The normalized spacial score (nSPS) is 10.9. The maximum atomic E-state index is 5.67. The molecule has 0 aliphatic carbocycles. The lowest BCUT2D eigenvalue weighted by Crippen LogP contribution is -2.21. The predicted octanol–water partition coefficient (Wildman–Crippen LogP) is 1.46. The highest BCUT2D eigenvalue weighted by molar-refractivity contribution is 5.49. The van der Waals surface area contributed by atoms with E-state index in [1.54, 1.807) is 6.26 Å². The second-order valence-corrected chi connectivity index (χ2v) is 4.49. The highest BCUT2D eigenvalue weighted by Gasteiger charge is 2.16. The number of nitrogens with two attached hydrogens (primary N) is 1. The van der Waals surface area contributed by atoms with Gasteiger partial charge in [-0.05, 0) is 32.0 Å². The van der Waals surface area contributed by atoms with Crippen LogP contribution in [-0.4, -0.2) is 23.4 Å². The molecule has 0 saturated heterocycles. The van der Waals surface area contributed by atoms with Crippen LogP contribution in [0.5, 0.6) is 0 Å². The van der Waals surface area contributed by atoms with Gasteiger partial charge in [-0.2, -0.15) is 5.10 Å². The van der Waals surface area contributed by atoms with Crippen LogP contribution in [0.3, 0.4) is 0 Å². The summed E-state index contributed by atoms with van der Waals surface area (Å²) in [5, 5.41) is 4.47. The summed E-state index contributed by atoms with van der Waals surface area (Å²) in [4.78, 5) is 2.14. The van der Waals surface area contributed by atoms with Gasteiger partial charge in [0.1, 0.15) is 11.6 Å². The first-order valence-electron chi connectivity index (χ1n) is 6.09. The van der Waals surface area contributed by atoms with Gasteiger partial charge >= 0.3 is 0 Å². The topological polar surface area (TPSA) is 60.2 Å². The smallest absolute Gasteiger partial charge is 0.130 e. The highest BCUT2D eigenvalue weighted by Crippen LogP contribution is 2.24. The second kappa shape index (κ2) is 5.27. The monoisotopic (exact) mass is 248 g/mol. The molecule has 0 spiro atoms. The molecule has 98 valence electrons. The molecule has 5 nitrogen and oxygen atoms in total. The third kappa shape index (κ3) is 2.41. The van der Waals surface area contributed by atoms with E-state index < -0.39 is 0 Å². The van der Waals surface area contributed by atoms with E-state index in [0.29, 0.717) is 6.54 Å².